The number of hydrogen-bond acceptors (Lipinski definition) is 5. The lowest BCUT2D eigenvalue weighted by atomic mass is 10.1. The first-order chi connectivity index (χ1) is 8.43. The minimum atomic E-state index is -0.503. The van der Waals surface area contributed by atoms with E-state index in [-0.39, 0.29) is 17.7 Å². The van der Waals surface area contributed by atoms with Gasteiger partial charge in [-0.2, -0.15) is 0 Å². The molecule has 18 heavy (non-hydrogen) atoms. The highest BCUT2D eigenvalue weighted by Crippen LogP contribution is 2.21. The van der Waals surface area contributed by atoms with Crippen LogP contribution in [0.1, 0.15) is 37.7 Å². The molecule has 0 saturated carbocycles. The highest BCUT2D eigenvalue weighted by atomic mass is 16.5. The van der Waals surface area contributed by atoms with Crippen molar-refractivity contribution in [3.8, 4) is 5.88 Å². The Morgan fingerprint density at radius 1 is 1.39 bits per heavy atom. The Bertz CT molecular complexity index is 419. The topological polar surface area (TPSA) is 74.4 Å². The van der Waals surface area contributed by atoms with Crippen LogP contribution in [0.2, 0.25) is 0 Å². The van der Waals surface area contributed by atoms with Crippen LogP contribution in [0.15, 0.2) is 12.1 Å². The van der Waals surface area contributed by atoms with E-state index < -0.39 is 5.97 Å². The third-order valence-corrected chi connectivity index (χ3v) is 2.40. The molecule has 5 heteroatoms. The smallest absolute Gasteiger partial charge is 0.356 e. The number of carbonyl (C=O) groups is 1. The number of methoxy groups -OCH3 is 1. The molecule has 0 aliphatic rings. The Hall–Kier alpha value is -1.78. The molecule has 1 aromatic heterocycles. The number of aromatic nitrogens is 1. The van der Waals surface area contributed by atoms with Gasteiger partial charge in [0.2, 0.25) is 5.88 Å². The average Bonchev–Trinajstić information content (AvgIpc) is 2.30. The predicted molar refractivity (Wildman–Crippen MR) is 69.5 cm³/mol. The molecule has 5 nitrogen and oxygen atoms in total. The molecule has 1 atom stereocenters. The molecule has 0 spiro atoms. The van der Waals surface area contributed by atoms with Crippen LogP contribution in [0.5, 0.6) is 5.88 Å². The fourth-order valence-corrected chi connectivity index (χ4v) is 1.67. The van der Waals surface area contributed by atoms with Crippen molar-refractivity contribution >= 4 is 11.7 Å². The van der Waals surface area contributed by atoms with Gasteiger partial charge in [0.1, 0.15) is 0 Å². The molecule has 0 amide bonds. The predicted octanol–water partition coefficient (Wildman–Crippen LogP) is 2.26. The quantitative estimate of drug-likeness (QED) is 0.813. The van der Waals surface area contributed by atoms with E-state index in [1.165, 1.54) is 13.2 Å². The fourth-order valence-electron chi connectivity index (χ4n) is 1.67. The van der Waals surface area contributed by atoms with Crippen LogP contribution in [0.4, 0.5) is 5.69 Å². The Kier molecular flexibility index (Phi) is 4.95. The van der Waals surface area contributed by atoms with E-state index in [1.807, 2.05) is 6.92 Å². The minimum Gasteiger partial charge on any atom is -0.473 e. The number of hydrogen-bond donors (Lipinski definition) is 1. The summed E-state index contributed by atoms with van der Waals surface area (Å²) in [6.07, 6.45) is 0.886. The van der Waals surface area contributed by atoms with Gasteiger partial charge >= 0.3 is 5.97 Å². The molecule has 2 N–H and O–H groups in total. The molecule has 0 saturated heterocycles. The summed E-state index contributed by atoms with van der Waals surface area (Å²) in [7, 11) is 1.31. The maximum atomic E-state index is 11.4. The zero-order chi connectivity index (χ0) is 13.7. The third kappa shape index (κ3) is 3.91. The second kappa shape index (κ2) is 6.23. The van der Waals surface area contributed by atoms with Gasteiger partial charge in [0.15, 0.2) is 5.69 Å². The molecule has 0 bridgehead atoms. The molecule has 100 valence electrons. The minimum absolute atomic E-state index is 0.00676. The normalized spacial score (nSPS) is 12.3. The average molecular weight is 252 g/mol. The standard InChI is InChI=1S/C13H20N2O3/c1-8(2)7-9(3)18-12-10(14)5-6-11(15-12)13(16)17-4/h5-6,8-9H,7,14H2,1-4H3. The van der Waals surface area contributed by atoms with Gasteiger partial charge in [-0.3, -0.25) is 0 Å². The van der Waals surface area contributed by atoms with Gasteiger partial charge in [0.05, 0.1) is 18.9 Å². The van der Waals surface area contributed by atoms with E-state index in [0.717, 1.165) is 6.42 Å². The Labute approximate surface area is 107 Å². The first-order valence-electron chi connectivity index (χ1n) is 5.95. The van der Waals surface area contributed by atoms with Crippen molar-refractivity contribution in [2.45, 2.75) is 33.3 Å². The molecule has 1 aromatic rings. The van der Waals surface area contributed by atoms with E-state index in [1.54, 1.807) is 6.07 Å². The number of ether oxygens (including phenoxy) is 2. The van der Waals surface area contributed by atoms with Crippen molar-refractivity contribution in [3.05, 3.63) is 17.8 Å². The van der Waals surface area contributed by atoms with Crippen molar-refractivity contribution < 1.29 is 14.3 Å². The van der Waals surface area contributed by atoms with Gasteiger partial charge < -0.3 is 15.2 Å². The van der Waals surface area contributed by atoms with E-state index in [2.05, 4.69) is 23.6 Å². The summed E-state index contributed by atoms with van der Waals surface area (Å²) in [5.41, 5.74) is 6.38. The SMILES string of the molecule is COC(=O)c1ccc(N)c(OC(C)CC(C)C)n1. The summed E-state index contributed by atoms with van der Waals surface area (Å²) in [6, 6.07) is 3.11. The summed E-state index contributed by atoms with van der Waals surface area (Å²) in [6.45, 7) is 6.18. The maximum absolute atomic E-state index is 11.4. The fraction of sp³-hybridized carbons (Fsp3) is 0.538. The Morgan fingerprint density at radius 2 is 2.06 bits per heavy atom. The van der Waals surface area contributed by atoms with Crippen LogP contribution in [-0.2, 0) is 4.74 Å². The van der Waals surface area contributed by atoms with Crippen molar-refractivity contribution in [1.29, 1.82) is 0 Å². The highest BCUT2D eigenvalue weighted by Gasteiger charge is 2.14. The molecule has 1 heterocycles. The van der Waals surface area contributed by atoms with Crippen LogP contribution < -0.4 is 10.5 Å². The number of esters is 1. The van der Waals surface area contributed by atoms with Gasteiger partial charge in [-0.25, -0.2) is 9.78 Å². The highest BCUT2D eigenvalue weighted by molar-refractivity contribution is 5.87. The second-order valence-corrected chi connectivity index (χ2v) is 4.64. The third-order valence-electron chi connectivity index (χ3n) is 2.40. The summed E-state index contributed by atoms with van der Waals surface area (Å²) in [5, 5.41) is 0. The molecule has 1 unspecified atom stereocenters. The molecule has 0 fully saturated rings. The Balaban J connectivity index is 2.84. The van der Waals surface area contributed by atoms with Gasteiger partial charge in [0, 0.05) is 0 Å². The molecular formula is C13H20N2O3. The maximum Gasteiger partial charge on any atom is 0.356 e. The lowest BCUT2D eigenvalue weighted by Crippen LogP contribution is -2.17. The number of carbonyl (C=O) groups excluding carboxylic acids is 1. The van der Waals surface area contributed by atoms with Gasteiger partial charge in [-0.1, -0.05) is 13.8 Å². The molecule has 1 rings (SSSR count). The van der Waals surface area contributed by atoms with E-state index >= 15 is 0 Å². The van der Waals surface area contributed by atoms with Crippen molar-refractivity contribution in [3.63, 3.8) is 0 Å². The van der Waals surface area contributed by atoms with E-state index in [4.69, 9.17) is 10.5 Å². The first kappa shape index (κ1) is 14.3. The van der Waals surface area contributed by atoms with Crippen LogP contribution in [0, 0.1) is 5.92 Å². The zero-order valence-corrected chi connectivity index (χ0v) is 11.3. The Morgan fingerprint density at radius 3 is 2.61 bits per heavy atom. The largest absolute Gasteiger partial charge is 0.473 e. The van der Waals surface area contributed by atoms with Crippen LogP contribution >= 0.6 is 0 Å². The summed E-state index contributed by atoms with van der Waals surface area (Å²) in [4.78, 5) is 15.4. The summed E-state index contributed by atoms with van der Waals surface area (Å²) in [5.74, 6) is 0.299. The van der Waals surface area contributed by atoms with E-state index in [0.29, 0.717) is 11.6 Å². The van der Waals surface area contributed by atoms with Crippen LogP contribution in [0.3, 0.4) is 0 Å². The van der Waals surface area contributed by atoms with E-state index in [9.17, 15) is 4.79 Å². The van der Waals surface area contributed by atoms with Crippen LogP contribution in [0.25, 0.3) is 0 Å². The molecule has 0 radical (unpaired) electrons. The summed E-state index contributed by atoms with van der Waals surface area (Å²) < 4.78 is 10.3. The number of anilines is 1. The van der Waals surface area contributed by atoms with Gasteiger partial charge in [-0.15, -0.1) is 0 Å². The lowest BCUT2D eigenvalue weighted by molar-refractivity contribution is 0.0592. The number of rotatable bonds is 5. The van der Waals surface area contributed by atoms with Crippen molar-refractivity contribution in [2.24, 2.45) is 5.92 Å². The molecule has 0 aliphatic carbocycles. The number of nitrogens with two attached hydrogens (primary N) is 1. The summed E-state index contributed by atoms with van der Waals surface area (Å²) >= 11 is 0. The first-order valence-corrected chi connectivity index (χ1v) is 5.95. The zero-order valence-electron chi connectivity index (χ0n) is 11.3. The van der Waals surface area contributed by atoms with Crippen molar-refractivity contribution in [2.75, 3.05) is 12.8 Å². The number of nitrogens with zero attached hydrogens (tertiary/aromatic N) is 1. The lowest BCUT2D eigenvalue weighted by Gasteiger charge is -2.17. The second-order valence-electron chi connectivity index (χ2n) is 4.64. The van der Waals surface area contributed by atoms with Crippen molar-refractivity contribution in [1.82, 2.24) is 4.98 Å². The number of nitrogen functional groups attached to an aromatic ring is 1. The molecule has 0 aromatic carbocycles. The molecular weight excluding hydrogens is 232 g/mol. The monoisotopic (exact) mass is 252 g/mol. The number of pyridine rings is 1. The molecule has 0 aliphatic heterocycles. The van der Waals surface area contributed by atoms with Gasteiger partial charge in [0.25, 0.3) is 0 Å². The van der Waals surface area contributed by atoms with Gasteiger partial charge in [-0.05, 0) is 31.4 Å². The van der Waals surface area contributed by atoms with Crippen LogP contribution in [-0.4, -0.2) is 24.2 Å².